The molecule has 0 saturated carbocycles. The number of rotatable bonds is 8. The molecule has 1 amide bonds. The molecule has 1 N–H and O–H groups in total. The molecule has 2 heterocycles. The lowest BCUT2D eigenvalue weighted by Crippen LogP contribution is -2.26. The Bertz CT molecular complexity index is 965. The molecule has 1 aromatic carbocycles. The lowest BCUT2D eigenvalue weighted by molar-refractivity contribution is -0.137. The minimum Gasteiger partial charge on any atom is -0.356 e. The lowest BCUT2D eigenvalue weighted by atomic mass is 9.91. The molecule has 3 rings (SSSR count). The van der Waals surface area contributed by atoms with E-state index in [1.165, 1.54) is 6.07 Å². The van der Waals surface area contributed by atoms with Crippen LogP contribution in [0.3, 0.4) is 0 Å². The largest absolute Gasteiger partial charge is 0.416 e. The second kappa shape index (κ2) is 9.11. The summed E-state index contributed by atoms with van der Waals surface area (Å²) in [6.07, 6.45) is 1.99. The Morgan fingerprint density at radius 1 is 1.17 bits per heavy atom. The summed E-state index contributed by atoms with van der Waals surface area (Å²) in [5, 5.41) is 2.88. The van der Waals surface area contributed by atoms with Gasteiger partial charge in [0.15, 0.2) is 0 Å². The van der Waals surface area contributed by atoms with Crippen LogP contribution in [0.4, 0.5) is 13.2 Å². The van der Waals surface area contributed by atoms with Crippen LogP contribution in [0, 0.1) is 0 Å². The van der Waals surface area contributed by atoms with Gasteiger partial charge in [-0.15, -0.1) is 0 Å². The first-order chi connectivity index (χ1) is 13.9. The standard InChI is InChI=1S/C22H24F3N3O/c1-2-3-5-11-26-21(29)14-18(16-8-7-9-17(13-16)22(23,24)25)19-15-27-20-10-4-6-12-28(19)20/h4,6-10,12-13,15,18H,2-3,5,11,14H2,1H3,(H,26,29). The number of alkyl halides is 3. The van der Waals surface area contributed by atoms with E-state index in [0.29, 0.717) is 23.4 Å². The van der Waals surface area contributed by atoms with Crippen LogP contribution in [0.5, 0.6) is 0 Å². The third kappa shape index (κ3) is 5.16. The van der Waals surface area contributed by atoms with Crippen molar-refractivity contribution in [1.82, 2.24) is 14.7 Å². The normalized spacial score (nSPS) is 12.8. The van der Waals surface area contributed by atoms with Crippen LogP contribution in [-0.4, -0.2) is 21.8 Å². The molecule has 0 aliphatic heterocycles. The first kappa shape index (κ1) is 20.9. The Hall–Kier alpha value is -2.83. The number of nitrogens with zero attached hydrogens (tertiary/aromatic N) is 2. The van der Waals surface area contributed by atoms with Gasteiger partial charge in [0.25, 0.3) is 0 Å². The third-order valence-electron chi connectivity index (χ3n) is 4.91. The van der Waals surface area contributed by atoms with Crippen LogP contribution >= 0.6 is 0 Å². The molecule has 4 nitrogen and oxygen atoms in total. The average Bonchev–Trinajstić information content (AvgIpc) is 3.13. The molecule has 0 spiro atoms. The van der Waals surface area contributed by atoms with Crippen LogP contribution in [0.1, 0.15) is 55.3 Å². The smallest absolute Gasteiger partial charge is 0.356 e. The molecule has 1 atom stereocenters. The van der Waals surface area contributed by atoms with Crippen LogP contribution < -0.4 is 5.32 Å². The van der Waals surface area contributed by atoms with Crippen LogP contribution in [0.25, 0.3) is 5.65 Å². The molecule has 0 aliphatic carbocycles. The van der Waals surface area contributed by atoms with Gasteiger partial charge < -0.3 is 9.72 Å². The maximum atomic E-state index is 13.2. The summed E-state index contributed by atoms with van der Waals surface area (Å²) in [6.45, 7) is 2.64. The number of carbonyl (C=O) groups is 1. The second-order valence-corrected chi connectivity index (χ2v) is 7.05. The van der Waals surface area contributed by atoms with Gasteiger partial charge in [0.05, 0.1) is 11.3 Å². The molecule has 29 heavy (non-hydrogen) atoms. The van der Waals surface area contributed by atoms with E-state index in [1.54, 1.807) is 18.5 Å². The molecule has 0 saturated heterocycles. The molecule has 0 radical (unpaired) electrons. The Morgan fingerprint density at radius 3 is 2.76 bits per heavy atom. The summed E-state index contributed by atoms with van der Waals surface area (Å²) in [5.41, 5.74) is 1.08. The van der Waals surface area contributed by atoms with Crippen molar-refractivity contribution in [2.75, 3.05) is 6.54 Å². The summed E-state index contributed by atoms with van der Waals surface area (Å²) < 4.78 is 41.5. The zero-order valence-electron chi connectivity index (χ0n) is 16.2. The molecule has 1 unspecified atom stereocenters. The van der Waals surface area contributed by atoms with Gasteiger partial charge in [0.1, 0.15) is 5.65 Å². The monoisotopic (exact) mass is 403 g/mol. The molecule has 7 heteroatoms. The van der Waals surface area contributed by atoms with Crippen molar-refractivity contribution in [3.8, 4) is 0 Å². The maximum Gasteiger partial charge on any atom is 0.416 e. The molecule has 0 aliphatic rings. The number of carbonyl (C=O) groups excluding carboxylic acids is 1. The number of fused-ring (bicyclic) bond motifs is 1. The number of benzene rings is 1. The van der Waals surface area contributed by atoms with E-state index < -0.39 is 17.7 Å². The Balaban J connectivity index is 1.93. The number of pyridine rings is 1. The number of nitrogens with one attached hydrogen (secondary N) is 1. The Morgan fingerprint density at radius 2 is 2.00 bits per heavy atom. The van der Waals surface area contributed by atoms with Gasteiger partial charge in [0.2, 0.25) is 5.91 Å². The maximum absolute atomic E-state index is 13.2. The summed E-state index contributed by atoms with van der Waals surface area (Å²) in [4.78, 5) is 16.9. The van der Waals surface area contributed by atoms with Crippen molar-refractivity contribution in [3.05, 3.63) is 71.7 Å². The van der Waals surface area contributed by atoms with Gasteiger partial charge in [-0.3, -0.25) is 4.79 Å². The average molecular weight is 403 g/mol. The first-order valence-electron chi connectivity index (χ1n) is 9.76. The second-order valence-electron chi connectivity index (χ2n) is 7.05. The molecule has 154 valence electrons. The predicted octanol–water partition coefficient (Wildman–Crippen LogP) is 5.18. The number of unbranched alkanes of at least 4 members (excludes halogenated alkanes) is 2. The quantitative estimate of drug-likeness (QED) is 0.527. The van der Waals surface area contributed by atoms with Gasteiger partial charge in [-0.05, 0) is 30.2 Å². The summed E-state index contributed by atoms with van der Waals surface area (Å²) in [7, 11) is 0. The van der Waals surface area contributed by atoms with E-state index in [9.17, 15) is 18.0 Å². The van der Waals surface area contributed by atoms with Crippen molar-refractivity contribution in [2.45, 2.75) is 44.7 Å². The van der Waals surface area contributed by atoms with Gasteiger partial charge in [0, 0.05) is 31.3 Å². The van der Waals surface area contributed by atoms with Crippen LogP contribution in [0.15, 0.2) is 54.9 Å². The summed E-state index contributed by atoms with van der Waals surface area (Å²) in [5.74, 6) is -0.727. The van der Waals surface area contributed by atoms with Crippen molar-refractivity contribution in [1.29, 1.82) is 0 Å². The van der Waals surface area contributed by atoms with E-state index in [0.717, 1.165) is 31.4 Å². The SMILES string of the molecule is CCCCCNC(=O)CC(c1cccc(C(F)(F)F)c1)c1cnc2ccccn12. The van der Waals surface area contributed by atoms with Crippen molar-refractivity contribution in [3.63, 3.8) is 0 Å². The minimum absolute atomic E-state index is 0.0517. The van der Waals surface area contributed by atoms with Crippen molar-refractivity contribution in [2.24, 2.45) is 0 Å². The lowest BCUT2D eigenvalue weighted by Gasteiger charge is -2.19. The van der Waals surface area contributed by atoms with E-state index >= 15 is 0 Å². The van der Waals surface area contributed by atoms with E-state index in [4.69, 9.17) is 0 Å². The Labute approximate surface area is 167 Å². The molecule has 0 fully saturated rings. The highest BCUT2D eigenvalue weighted by atomic mass is 19.4. The highest BCUT2D eigenvalue weighted by Gasteiger charge is 2.32. The van der Waals surface area contributed by atoms with E-state index in [2.05, 4.69) is 17.2 Å². The molecule has 3 aromatic rings. The highest BCUT2D eigenvalue weighted by molar-refractivity contribution is 5.77. The van der Waals surface area contributed by atoms with Crippen LogP contribution in [0.2, 0.25) is 0 Å². The van der Waals surface area contributed by atoms with Gasteiger partial charge in [-0.25, -0.2) is 4.98 Å². The van der Waals surface area contributed by atoms with E-state index in [1.807, 2.05) is 22.6 Å². The number of halogens is 3. The molecule has 0 bridgehead atoms. The van der Waals surface area contributed by atoms with Crippen molar-refractivity contribution < 1.29 is 18.0 Å². The number of hydrogen-bond donors (Lipinski definition) is 1. The van der Waals surface area contributed by atoms with Gasteiger partial charge in [-0.2, -0.15) is 13.2 Å². The number of hydrogen-bond acceptors (Lipinski definition) is 2. The zero-order valence-corrected chi connectivity index (χ0v) is 16.2. The first-order valence-corrected chi connectivity index (χ1v) is 9.76. The van der Waals surface area contributed by atoms with E-state index in [-0.39, 0.29) is 12.3 Å². The van der Waals surface area contributed by atoms with Crippen molar-refractivity contribution >= 4 is 11.6 Å². The summed E-state index contributed by atoms with van der Waals surface area (Å²) in [6, 6.07) is 10.7. The zero-order chi connectivity index (χ0) is 20.9. The molecule has 2 aromatic heterocycles. The summed E-state index contributed by atoms with van der Waals surface area (Å²) >= 11 is 0. The number of imidazole rings is 1. The third-order valence-corrected chi connectivity index (χ3v) is 4.91. The topological polar surface area (TPSA) is 46.4 Å². The van der Waals surface area contributed by atoms with Gasteiger partial charge in [-0.1, -0.05) is 44.0 Å². The fraction of sp³-hybridized carbons (Fsp3) is 0.364. The Kier molecular flexibility index (Phi) is 6.56. The fourth-order valence-electron chi connectivity index (χ4n) is 3.40. The molecular formula is C22H24F3N3O. The van der Waals surface area contributed by atoms with Gasteiger partial charge >= 0.3 is 6.18 Å². The van der Waals surface area contributed by atoms with Crippen LogP contribution in [-0.2, 0) is 11.0 Å². The highest BCUT2D eigenvalue weighted by Crippen LogP contribution is 2.34. The predicted molar refractivity (Wildman–Crippen MR) is 106 cm³/mol. The minimum atomic E-state index is -4.44. The fourth-order valence-corrected chi connectivity index (χ4v) is 3.40. The number of amides is 1. The molecular weight excluding hydrogens is 379 g/mol. The number of aromatic nitrogens is 2.